The minimum Gasteiger partial charge on any atom is -0.457 e. The van der Waals surface area contributed by atoms with E-state index in [1.165, 1.54) is 11.1 Å². The van der Waals surface area contributed by atoms with Gasteiger partial charge in [0.1, 0.15) is 11.5 Å². The number of hydrogen-bond donors (Lipinski definition) is 1. The van der Waals surface area contributed by atoms with Crippen LogP contribution in [0.3, 0.4) is 0 Å². The van der Waals surface area contributed by atoms with Crippen LogP contribution in [0.2, 0.25) is 5.02 Å². The summed E-state index contributed by atoms with van der Waals surface area (Å²) >= 11 is 6.02. The van der Waals surface area contributed by atoms with Crippen LogP contribution >= 0.6 is 11.6 Å². The number of halogens is 1. The lowest BCUT2D eigenvalue weighted by molar-refractivity contribution is 0.473. The molecule has 0 bridgehead atoms. The van der Waals surface area contributed by atoms with Crippen molar-refractivity contribution >= 4 is 11.6 Å². The van der Waals surface area contributed by atoms with E-state index in [-0.39, 0.29) is 0 Å². The minimum absolute atomic E-state index is 0.720. The highest BCUT2D eigenvalue weighted by atomic mass is 35.5. The molecule has 0 aliphatic heterocycles. The molecule has 0 radical (unpaired) electrons. The Balaban J connectivity index is 2.31. The molecule has 2 aromatic carbocycles. The number of rotatable bonds is 4. The average Bonchev–Trinajstić information content (AvgIpc) is 2.32. The smallest absolute Gasteiger partial charge is 0.132 e. The summed E-state index contributed by atoms with van der Waals surface area (Å²) in [5, 5.41) is 3.84. The Kier molecular flexibility index (Phi) is 4.46. The fourth-order valence-corrected chi connectivity index (χ4v) is 2.29. The first-order chi connectivity index (χ1) is 9.08. The monoisotopic (exact) mass is 275 g/mol. The van der Waals surface area contributed by atoms with Crippen molar-refractivity contribution in [3.8, 4) is 11.5 Å². The van der Waals surface area contributed by atoms with Crippen molar-refractivity contribution in [1.29, 1.82) is 0 Å². The second kappa shape index (κ2) is 6.09. The van der Waals surface area contributed by atoms with Gasteiger partial charge in [-0.2, -0.15) is 0 Å². The van der Waals surface area contributed by atoms with Crippen molar-refractivity contribution in [2.24, 2.45) is 0 Å². The van der Waals surface area contributed by atoms with E-state index >= 15 is 0 Å². The topological polar surface area (TPSA) is 21.3 Å². The van der Waals surface area contributed by atoms with Crippen LogP contribution in [-0.4, -0.2) is 7.05 Å². The van der Waals surface area contributed by atoms with Crippen LogP contribution in [0, 0.1) is 13.8 Å². The average molecular weight is 276 g/mol. The fourth-order valence-electron chi connectivity index (χ4n) is 2.09. The Hall–Kier alpha value is -1.51. The van der Waals surface area contributed by atoms with Gasteiger partial charge in [-0.25, -0.2) is 0 Å². The largest absolute Gasteiger partial charge is 0.457 e. The molecule has 19 heavy (non-hydrogen) atoms. The Bertz CT molecular complexity index is 561. The summed E-state index contributed by atoms with van der Waals surface area (Å²) in [6, 6.07) is 11.9. The second-order valence-corrected chi connectivity index (χ2v) is 5.14. The first-order valence-electron chi connectivity index (χ1n) is 6.27. The Morgan fingerprint density at radius 2 is 1.74 bits per heavy atom. The number of benzene rings is 2. The zero-order chi connectivity index (χ0) is 13.8. The van der Waals surface area contributed by atoms with Crippen LogP contribution in [0.1, 0.15) is 16.7 Å². The van der Waals surface area contributed by atoms with Crippen LogP contribution in [-0.2, 0) is 6.54 Å². The fraction of sp³-hybridized carbons (Fsp3) is 0.250. The van der Waals surface area contributed by atoms with E-state index in [2.05, 4.69) is 25.2 Å². The number of aryl methyl sites for hydroxylation is 2. The summed E-state index contributed by atoms with van der Waals surface area (Å²) in [4.78, 5) is 0. The third-order valence-electron chi connectivity index (χ3n) is 2.81. The first kappa shape index (κ1) is 13.9. The van der Waals surface area contributed by atoms with Crippen molar-refractivity contribution < 1.29 is 4.74 Å². The molecule has 0 saturated carbocycles. The van der Waals surface area contributed by atoms with Crippen molar-refractivity contribution in [1.82, 2.24) is 5.32 Å². The summed E-state index contributed by atoms with van der Waals surface area (Å²) < 4.78 is 5.98. The van der Waals surface area contributed by atoms with Gasteiger partial charge < -0.3 is 10.1 Å². The van der Waals surface area contributed by atoms with Gasteiger partial charge in [-0.1, -0.05) is 17.7 Å². The first-order valence-corrected chi connectivity index (χ1v) is 6.65. The number of hydrogen-bond acceptors (Lipinski definition) is 2. The quantitative estimate of drug-likeness (QED) is 0.889. The summed E-state index contributed by atoms with van der Waals surface area (Å²) in [6.07, 6.45) is 0. The third-order valence-corrected chi connectivity index (χ3v) is 3.05. The van der Waals surface area contributed by atoms with E-state index in [1.54, 1.807) is 0 Å². The normalized spacial score (nSPS) is 10.5. The van der Waals surface area contributed by atoms with Gasteiger partial charge in [-0.3, -0.25) is 0 Å². The van der Waals surface area contributed by atoms with Crippen LogP contribution in [0.15, 0.2) is 36.4 Å². The van der Waals surface area contributed by atoms with Crippen molar-refractivity contribution in [3.63, 3.8) is 0 Å². The summed E-state index contributed by atoms with van der Waals surface area (Å²) in [5.41, 5.74) is 3.44. The van der Waals surface area contributed by atoms with Gasteiger partial charge in [0, 0.05) is 17.1 Å². The molecule has 0 saturated heterocycles. The third kappa shape index (κ3) is 3.72. The SMILES string of the molecule is CNCc1cc(Cl)ccc1Oc1cc(C)cc(C)c1. The van der Waals surface area contributed by atoms with Crippen molar-refractivity contribution in [3.05, 3.63) is 58.1 Å². The lowest BCUT2D eigenvalue weighted by atomic mass is 10.1. The predicted octanol–water partition coefficient (Wildman–Crippen LogP) is 4.47. The molecule has 0 atom stereocenters. The highest BCUT2D eigenvalue weighted by Crippen LogP contribution is 2.29. The van der Waals surface area contributed by atoms with Crippen molar-refractivity contribution in [2.45, 2.75) is 20.4 Å². The molecular weight excluding hydrogens is 258 g/mol. The van der Waals surface area contributed by atoms with Gasteiger partial charge in [0.15, 0.2) is 0 Å². The molecule has 0 unspecified atom stereocenters. The van der Waals surface area contributed by atoms with Crippen molar-refractivity contribution in [2.75, 3.05) is 7.05 Å². The van der Waals surface area contributed by atoms with E-state index in [0.717, 1.165) is 28.6 Å². The van der Waals surface area contributed by atoms with E-state index in [4.69, 9.17) is 16.3 Å². The van der Waals surface area contributed by atoms with E-state index < -0.39 is 0 Å². The molecule has 3 heteroatoms. The number of nitrogens with one attached hydrogen (secondary N) is 1. The second-order valence-electron chi connectivity index (χ2n) is 4.71. The van der Waals surface area contributed by atoms with Gasteiger partial charge >= 0.3 is 0 Å². The molecule has 2 nitrogen and oxygen atoms in total. The molecular formula is C16H18ClNO. The maximum atomic E-state index is 6.02. The van der Waals surface area contributed by atoms with Crippen LogP contribution < -0.4 is 10.1 Å². The van der Waals surface area contributed by atoms with E-state index in [9.17, 15) is 0 Å². The molecule has 2 aromatic rings. The summed E-state index contributed by atoms with van der Waals surface area (Å²) in [5.74, 6) is 1.70. The molecule has 100 valence electrons. The molecule has 2 rings (SSSR count). The van der Waals surface area contributed by atoms with Crippen LogP contribution in [0.25, 0.3) is 0 Å². The summed E-state index contributed by atoms with van der Waals surface area (Å²) in [6.45, 7) is 4.85. The maximum Gasteiger partial charge on any atom is 0.132 e. The van der Waals surface area contributed by atoms with Crippen LogP contribution in [0.4, 0.5) is 0 Å². The lowest BCUT2D eigenvalue weighted by Crippen LogP contribution is -2.06. The van der Waals surface area contributed by atoms with E-state index in [1.807, 2.05) is 37.4 Å². The predicted molar refractivity (Wildman–Crippen MR) is 80.2 cm³/mol. The van der Waals surface area contributed by atoms with Gasteiger partial charge in [-0.05, 0) is 62.4 Å². The Labute approximate surface area is 119 Å². The van der Waals surface area contributed by atoms with Gasteiger partial charge in [0.2, 0.25) is 0 Å². The molecule has 0 heterocycles. The Morgan fingerprint density at radius 1 is 1.05 bits per heavy atom. The maximum absolute atomic E-state index is 6.02. The molecule has 0 spiro atoms. The van der Waals surface area contributed by atoms with Gasteiger partial charge in [0.05, 0.1) is 0 Å². The van der Waals surface area contributed by atoms with Gasteiger partial charge in [-0.15, -0.1) is 0 Å². The highest BCUT2D eigenvalue weighted by Gasteiger charge is 2.06. The molecule has 0 amide bonds. The molecule has 0 fully saturated rings. The lowest BCUT2D eigenvalue weighted by Gasteiger charge is -2.12. The minimum atomic E-state index is 0.720. The van der Waals surface area contributed by atoms with E-state index in [0.29, 0.717) is 0 Å². The Morgan fingerprint density at radius 3 is 2.37 bits per heavy atom. The molecule has 0 aromatic heterocycles. The van der Waals surface area contributed by atoms with Crippen LogP contribution in [0.5, 0.6) is 11.5 Å². The number of ether oxygens (including phenoxy) is 1. The molecule has 1 N–H and O–H groups in total. The summed E-state index contributed by atoms with van der Waals surface area (Å²) in [7, 11) is 1.90. The molecule has 0 aliphatic carbocycles. The standard InChI is InChI=1S/C16H18ClNO/c1-11-6-12(2)8-15(7-11)19-16-5-4-14(17)9-13(16)10-18-3/h4-9,18H,10H2,1-3H3. The molecule has 0 aliphatic rings. The van der Waals surface area contributed by atoms with Gasteiger partial charge in [0.25, 0.3) is 0 Å². The highest BCUT2D eigenvalue weighted by molar-refractivity contribution is 6.30. The zero-order valence-corrected chi connectivity index (χ0v) is 12.2. The zero-order valence-electron chi connectivity index (χ0n) is 11.5.